The molecule has 1 fully saturated rings. The Balaban J connectivity index is 2.43. The summed E-state index contributed by atoms with van der Waals surface area (Å²) in [6.07, 6.45) is 2.16. The van der Waals surface area contributed by atoms with Gasteiger partial charge in [0.25, 0.3) is 0 Å². The topological polar surface area (TPSA) is 55.8 Å². The smallest absolute Gasteiger partial charge is 0.450 e. The van der Waals surface area contributed by atoms with Crippen LogP contribution in [0.1, 0.15) is 47.0 Å². The highest BCUT2D eigenvalue weighted by Gasteiger charge is 2.31. The Kier molecular flexibility index (Phi) is 5.93. The first kappa shape index (κ1) is 15.3. The fourth-order valence-corrected chi connectivity index (χ4v) is 2.77. The normalized spacial score (nSPS) is 30.2. The van der Waals surface area contributed by atoms with Crippen LogP contribution < -0.4 is 0 Å². The summed E-state index contributed by atoms with van der Waals surface area (Å²) in [5, 5.41) is 8.53. The summed E-state index contributed by atoms with van der Waals surface area (Å²) >= 11 is 0. The molecule has 1 saturated carbocycles. The number of ether oxygens (including phenoxy) is 2. The molecule has 4 heteroatoms. The average Bonchev–Trinajstić information content (AvgIpc) is 2.25. The Morgan fingerprint density at radius 1 is 1.33 bits per heavy atom. The highest BCUT2D eigenvalue weighted by molar-refractivity contribution is 5.57. The average molecular weight is 258 g/mol. The number of carboxylic acid groups (broad SMARTS) is 1. The zero-order valence-electron chi connectivity index (χ0n) is 11.9. The van der Waals surface area contributed by atoms with Crippen LogP contribution in [0.15, 0.2) is 0 Å². The lowest BCUT2D eigenvalue weighted by molar-refractivity contribution is -0.0723. The van der Waals surface area contributed by atoms with E-state index >= 15 is 0 Å². The lowest BCUT2D eigenvalue weighted by Crippen LogP contribution is -2.36. The molecule has 4 atom stereocenters. The quantitative estimate of drug-likeness (QED) is 0.766. The van der Waals surface area contributed by atoms with Gasteiger partial charge in [-0.25, -0.2) is 4.79 Å². The van der Waals surface area contributed by atoms with Crippen molar-refractivity contribution in [1.29, 1.82) is 0 Å². The molecule has 0 saturated heterocycles. The van der Waals surface area contributed by atoms with Crippen LogP contribution in [0.25, 0.3) is 0 Å². The minimum Gasteiger partial charge on any atom is -0.450 e. The van der Waals surface area contributed by atoms with Gasteiger partial charge in [-0.2, -0.15) is 0 Å². The van der Waals surface area contributed by atoms with Crippen molar-refractivity contribution in [2.24, 2.45) is 17.8 Å². The maximum absolute atomic E-state index is 10.4. The fraction of sp³-hybridized carbons (Fsp3) is 0.929. The molecule has 1 aliphatic carbocycles. The van der Waals surface area contributed by atoms with Crippen molar-refractivity contribution in [2.45, 2.75) is 59.2 Å². The van der Waals surface area contributed by atoms with Crippen molar-refractivity contribution in [3.05, 3.63) is 0 Å². The lowest BCUT2D eigenvalue weighted by atomic mass is 9.75. The van der Waals surface area contributed by atoms with E-state index in [9.17, 15) is 4.79 Å². The zero-order valence-corrected chi connectivity index (χ0v) is 11.9. The van der Waals surface area contributed by atoms with E-state index in [1.54, 1.807) is 6.92 Å². The Bertz CT molecular complexity index is 265. The van der Waals surface area contributed by atoms with Gasteiger partial charge in [0.15, 0.2) is 0 Å². The van der Waals surface area contributed by atoms with Gasteiger partial charge in [0.2, 0.25) is 0 Å². The largest absolute Gasteiger partial charge is 0.506 e. The van der Waals surface area contributed by atoms with E-state index in [1.807, 2.05) is 0 Å². The number of hydrogen-bond donors (Lipinski definition) is 1. The Labute approximate surface area is 110 Å². The fourth-order valence-electron chi connectivity index (χ4n) is 2.77. The molecule has 0 bridgehead atoms. The van der Waals surface area contributed by atoms with Crippen LogP contribution in [0, 0.1) is 17.8 Å². The summed E-state index contributed by atoms with van der Waals surface area (Å²) in [4.78, 5) is 10.4. The lowest BCUT2D eigenvalue weighted by Gasteiger charge is -2.37. The van der Waals surface area contributed by atoms with E-state index in [-0.39, 0.29) is 6.10 Å². The van der Waals surface area contributed by atoms with E-state index in [2.05, 4.69) is 25.5 Å². The van der Waals surface area contributed by atoms with E-state index in [0.717, 1.165) is 6.42 Å². The van der Waals surface area contributed by atoms with Crippen LogP contribution >= 0.6 is 0 Å². The molecule has 4 nitrogen and oxygen atoms in total. The third-order valence-corrected chi connectivity index (χ3v) is 3.81. The van der Waals surface area contributed by atoms with Gasteiger partial charge in [0.1, 0.15) is 6.10 Å². The molecule has 4 unspecified atom stereocenters. The molecule has 1 aliphatic rings. The molecule has 1 N–H and O–H groups in total. The molecule has 0 aromatic carbocycles. The van der Waals surface area contributed by atoms with Crippen molar-refractivity contribution in [3.63, 3.8) is 0 Å². The van der Waals surface area contributed by atoms with Crippen LogP contribution in [0.4, 0.5) is 4.79 Å². The summed E-state index contributed by atoms with van der Waals surface area (Å²) in [7, 11) is 0. The molecule has 0 amide bonds. The third-order valence-electron chi connectivity index (χ3n) is 3.81. The molecule has 0 radical (unpaired) electrons. The van der Waals surface area contributed by atoms with Gasteiger partial charge in [-0.3, -0.25) is 0 Å². The molecule has 0 aromatic heterocycles. The molecule has 0 heterocycles. The van der Waals surface area contributed by atoms with Gasteiger partial charge in [-0.1, -0.05) is 27.2 Å². The molecule has 0 aliphatic heterocycles. The van der Waals surface area contributed by atoms with Crippen LogP contribution in [-0.4, -0.2) is 30.1 Å². The van der Waals surface area contributed by atoms with E-state index < -0.39 is 12.3 Å². The van der Waals surface area contributed by atoms with Crippen molar-refractivity contribution in [3.8, 4) is 0 Å². The van der Waals surface area contributed by atoms with E-state index in [0.29, 0.717) is 24.4 Å². The van der Waals surface area contributed by atoms with Gasteiger partial charge in [-0.15, -0.1) is 0 Å². The number of rotatable bonds is 5. The first-order valence-electron chi connectivity index (χ1n) is 6.91. The molecule has 18 heavy (non-hydrogen) atoms. The van der Waals surface area contributed by atoms with Crippen molar-refractivity contribution < 1.29 is 19.4 Å². The predicted molar refractivity (Wildman–Crippen MR) is 69.7 cm³/mol. The number of hydrogen-bond acceptors (Lipinski definition) is 3. The molecule has 0 spiro atoms. The third kappa shape index (κ3) is 4.84. The maximum atomic E-state index is 10.4. The molecule has 106 valence electrons. The van der Waals surface area contributed by atoms with Gasteiger partial charge in [0, 0.05) is 0 Å². The second kappa shape index (κ2) is 6.98. The highest BCUT2D eigenvalue weighted by Crippen LogP contribution is 2.35. The summed E-state index contributed by atoms with van der Waals surface area (Å²) in [5.41, 5.74) is 0. The van der Waals surface area contributed by atoms with Gasteiger partial charge < -0.3 is 14.6 Å². The Morgan fingerprint density at radius 2 is 2.00 bits per heavy atom. The summed E-state index contributed by atoms with van der Waals surface area (Å²) < 4.78 is 10.6. The molecular formula is C14H26O4. The minimum absolute atomic E-state index is 0.244. The van der Waals surface area contributed by atoms with Crippen LogP contribution in [0.5, 0.6) is 0 Å². The predicted octanol–water partition coefficient (Wildman–Crippen LogP) is 3.55. The molecule has 0 aromatic rings. The van der Waals surface area contributed by atoms with Gasteiger partial charge in [0.05, 0.1) is 12.7 Å². The summed E-state index contributed by atoms with van der Waals surface area (Å²) in [6.45, 7) is 8.80. The van der Waals surface area contributed by atoms with E-state index in [4.69, 9.17) is 9.84 Å². The molecule has 1 rings (SSSR count). The van der Waals surface area contributed by atoms with Crippen molar-refractivity contribution >= 4 is 6.16 Å². The Morgan fingerprint density at radius 3 is 2.56 bits per heavy atom. The standard InChI is InChI=1S/C14H26O4/c1-9(2)12-6-5-10(3)7-13(12)17-8-11(4)18-14(15)16/h9-13H,5-8H2,1-4H3,(H,15,16). The Hall–Kier alpha value is -0.770. The van der Waals surface area contributed by atoms with Gasteiger partial charge in [-0.05, 0) is 37.5 Å². The zero-order chi connectivity index (χ0) is 13.7. The molecular weight excluding hydrogens is 232 g/mol. The summed E-state index contributed by atoms with van der Waals surface area (Å²) in [5.74, 6) is 1.89. The summed E-state index contributed by atoms with van der Waals surface area (Å²) in [6, 6.07) is 0. The maximum Gasteiger partial charge on any atom is 0.506 e. The SMILES string of the molecule is CC1CCC(C(C)C)C(OCC(C)OC(=O)O)C1. The first-order valence-corrected chi connectivity index (χ1v) is 6.91. The second-order valence-electron chi connectivity index (χ2n) is 5.89. The van der Waals surface area contributed by atoms with E-state index in [1.165, 1.54) is 12.8 Å². The first-order chi connectivity index (χ1) is 8.40. The van der Waals surface area contributed by atoms with Crippen LogP contribution in [0.3, 0.4) is 0 Å². The monoisotopic (exact) mass is 258 g/mol. The van der Waals surface area contributed by atoms with Crippen LogP contribution in [-0.2, 0) is 9.47 Å². The second-order valence-corrected chi connectivity index (χ2v) is 5.89. The van der Waals surface area contributed by atoms with Gasteiger partial charge >= 0.3 is 6.16 Å². The number of carbonyl (C=O) groups is 1. The minimum atomic E-state index is -1.23. The van der Waals surface area contributed by atoms with Crippen molar-refractivity contribution in [1.82, 2.24) is 0 Å². The highest BCUT2D eigenvalue weighted by atomic mass is 16.7. The van der Waals surface area contributed by atoms with Crippen LogP contribution in [0.2, 0.25) is 0 Å². The van der Waals surface area contributed by atoms with Crippen molar-refractivity contribution in [2.75, 3.05) is 6.61 Å².